The summed E-state index contributed by atoms with van der Waals surface area (Å²) in [4.78, 5) is 16.1. The molecule has 2 aromatic rings. The van der Waals surface area contributed by atoms with Crippen LogP contribution in [0.3, 0.4) is 0 Å². The van der Waals surface area contributed by atoms with Gasteiger partial charge in [0.2, 0.25) is 0 Å². The molecule has 0 spiro atoms. The van der Waals surface area contributed by atoms with E-state index in [1.54, 1.807) is 0 Å². The van der Waals surface area contributed by atoms with Crippen LogP contribution in [0.15, 0.2) is 42.6 Å². The highest BCUT2D eigenvalue weighted by atomic mass is 16.1. The third-order valence-electron chi connectivity index (χ3n) is 3.35. The van der Waals surface area contributed by atoms with Crippen molar-refractivity contribution in [1.29, 1.82) is 0 Å². The second kappa shape index (κ2) is 4.37. The van der Waals surface area contributed by atoms with Gasteiger partial charge in [-0.3, -0.25) is 9.78 Å². The van der Waals surface area contributed by atoms with E-state index in [4.69, 9.17) is 0 Å². The predicted molar refractivity (Wildman–Crippen MR) is 71.5 cm³/mol. The number of nitrogens with zero attached hydrogens (tertiary/aromatic N) is 1. The van der Waals surface area contributed by atoms with E-state index in [1.165, 1.54) is 0 Å². The van der Waals surface area contributed by atoms with Gasteiger partial charge >= 0.3 is 0 Å². The van der Waals surface area contributed by atoms with Gasteiger partial charge in [0.15, 0.2) is 5.78 Å². The quantitative estimate of drug-likeness (QED) is 0.763. The highest BCUT2D eigenvalue weighted by Crippen LogP contribution is 2.33. The molecule has 1 aromatic heterocycles. The van der Waals surface area contributed by atoms with Crippen LogP contribution in [-0.4, -0.2) is 10.8 Å². The number of aromatic nitrogens is 1. The number of Topliss-reactive ketones (excluding diaryl/α,β-unsaturated/α-hetero) is 1. The fourth-order valence-electron chi connectivity index (χ4n) is 2.13. The normalized spacial score (nSPS) is 14.5. The van der Waals surface area contributed by atoms with Crippen molar-refractivity contribution in [1.82, 2.24) is 4.98 Å². The zero-order chi connectivity index (χ0) is 12.5. The lowest BCUT2D eigenvalue weighted by Crippen LogP contribution is -2.00. The van der Waals surface area contributed by atoms with E-state index in [0.29, 0.717) is 11.7 Å². The molecule has 2 nitrogen and oxygen atoms in total. The maximum absolute atomic E-state index is 11.9. The van der Waals surface area contributed by atoms with E-state index in [0.717, 1.165) is 35.2 Å². The van der Waals surface area contributed by atoms with Crippen LogP contribution < -0.4 is 0 Å². The summed E-state index contributed by atoms with van der Waals surface area (Å²) in [6.07, 6.45) is 3.93. The van der Waals surface area contributed by atoms with Gasteiger partial charge in [-0.2, -0.15) is 0 Å². The van der Waals surface area contributed by atoms with Gasteiger partial charge in [-0.15, -0.1) is 0 Å². The Kier molecular flexibility index (Phi) is 2.71. The highest BCUT2D eigenvalue weighted by Gasteiger charge is 2.30. The van der Waals surface area contributed by atoms with Crippen molar-refractivity contribution < 1.29 is 4.79 Å². The Morgan fingerprint density at radius 1 is 1.11 bits per heavy atom. The molecule has 0 aliphatic heterocycles. The van der Waals surface area contributed by atoms with Crippen LogP contribution >= 0.6 is 0 Å². The molecule has 0 saturated heterocycles. The Morgan fingerprint density at radius 2 is 1.83 bits per heavy atom. The molecular formula is C16H15NO. The van der Waals surface area contributed by atoms with Crippen molar-refractivity contribution in [3.05, 3.63) is 53.9 Å². The minimum Gasteiger partial charge on any atom is -0.294 e. The first-order valence-electron chi connectivity index (χ1n) is 6.31. The molecule has 0 bridgehead atoms. The fraction of sp³-hybridized carbons (Fsp3) is 0.250. The first kappa shape index (κ1) is 11.1. The summed E-state index contributed by atoms with van der Waals surface area (Å²) >= 11 is 0. The second-order valence-corrected chi connectivity index (χ2v) is 4.90. The second-order valence-electron chi connectivity index (χ2n) is 4.90. The first-order chi connectivity index (χ1) is 8.74. The summed E-state index contributed by atoms with van der Waals surface area (Å²) in [5.74, 6) is 0.589. The Balaban J connectivity index is 1.88. The highest BCUT2D eigenvalue weighted by molar-refractivity contribution is 5.99. The number of hydrogen-bond acceptors (Lipinski definition) is 2. The van der Waals surface area contributed by atoms with Gasteiger partial charge in [0.25, 0.3) is 0 Å². The summed E-state index contributed by atoms with van der Waals surface area (Å²) in [6.45, 7) is 1.98. The van der Waals surface area contributed by atoms with Gasteiger partial charge in [0.1, 0.15) is 0 Å². The fourth-order valence-corrected chi connectivity index (χ4v) is 2.13. The summed E-state index contributed by atoms with van der Waals surface area (Å²) in [6, 6.07) is 12.0. The minimum atomic E-state index is 0.291. The number of hydrogen-bond donors (Lipinski definition) is 0. The largest absolute Gasteiger partial charge is 0.294 e. The third kappa shape index (κ3) is 2.19. The van der Waals surface area contributed by atoms with Crippen LogP contribution in [-0.2, 0) is 0 Å². The monoisotopic (exact) mass is 237 g/mol. The Hall–Kier alpha value is -1.96. The van der Waals surface area contributed by atoms with Crippen molar-refractivity contribution in [2.24, 2.45) is 5.92 Å². The van der Waals surface area contributed by atoms with Crippen LogP contribution in [0.1, 0.15) is 28.9 Å². The molecule has 1 aliphatic rings. The SMILES string of the molecule is Cc1cc(-c2ccc(C(=O)C3CC3)cc2)ccn1. The van der Waals surface area contributed by atoms with Crippen LogP contribution in [0.5, 0.6) is 0 Å². The lowest BCUT2D eigenvalue weighted by atomic mass is 10.0. The van der Waals surface area contributed by atoms with Crippen molar-refractivity contribution in [2.75, 3.05) is 0 Å². The molecule has 90 valence electrons. The zero-order valence-electron chi connectivity index (χ0n) is 10.4. The molecule has 1 heterocycles. The average Bonchev–Trinajstić information content (AvgIpc) is 3.22. The molecular weight excluding hydrogens is 222 g/mol. The maximum atomic E-state index is 11.9. The smallest absolute Gasteiger partial charge is 0.165 e. The first-order valence-corrected chi connectivity index (χ1v) is 6.31. The molecule has 0 amide bonds. The van der Waals surface area contributed by atoms with E-state index in [9.17, 15) is 4.79 Å². The van der Waals surface area contributed by atoms with Gasteiger partial charge in [0.05, 0.1) is 0 Å². The third-order valence-corrected chi connectivity index (χ3v) is 3.35. The number of benzene rings is 1. The molecule has 1 fully saturated rings. The maximum Gasteiger partial charge on any atom is 0.165 e. The molecule has 3 rings (SSSR count). The number of ketones is 1. The van der Waals surface area contributed by atoms with E-state index in [2.05, 4.69) is 11.1 Å². The number of carbonyl (C=O) groups excluding carboxylic acids is 1. The standard InChI is InChI=1S/C16H15NO/c1-11-10-15(8-9-17-11)12-2-4-13(5-3-12)16(18)14-6-7-14/h2-5,8-10,14H,6-7H2,1H3. The molecule has 1 aliphatic carbocycles. The molecule has 1 saturated carbocycles. The van der Waals surface area contributed by atoms with E-state index < -0.39 is 0 Å². The Bertz CT molecular complexity index is 582. The van der Waals surface area contributed by atoms with E-state index in [1.807, 2.05) is 43.5 Å². The average molecular weight is 237 g/mol. The number of pyridine rings is 1. The Morgan fingerprint density at radius 3 is 2.44 bits per heavy atom. The van der Waals surface area contributed by atoms with Crippen LogP contribution in [0.4, 0.5) is 0 Å². The van der Waals surface area contributed by atoms with Crippen LogP contribution in [0, 0.1) is 12.8 Å². The van der Waals surface area contributed by atoms with Crippen molar-refractivity contribution in [2.45, 2.75) is 19.8 Å². The van der Waals surface area contributed by atoms with Gasteiger partial charge in [-0.05, 0) is 43.0 Å². The van der Waals surface area contributed by atoms with Crippen molar-refractivity contribution in [3.63, 3.8) is 0 Å². The molecule has 18 heavy (non-hydrogen) atoms. The molecule has 0 radical (unpaired) electrons. The van der Waals surface area contributed by atoms with Crippen LogP contribution in [0.25, 0.3) is 11.1 Å². The van der Waals surface area contributed by atoms with Gasteiger partial charge in [0, 0.05) is 23.4 Å². The van der Waals surface area contributed by atoms with E-state index >= 15 is 0 Å². The van der Waals surface area contributed by atoms with Crippen molar-refractivity contribution >= 4 is 5.78 Å². The topological polar surface area (TPSA) is 30.0 Å². The lowest BCUT2D eigenvalue weighted by Gasteiger charge is -2.04. The van der Waals surface area contributed by atoms with Gasteiger partial charge < -0.3 is 0 Å². The number of aryl methyl sites for hydroxylation is 1. The molecule has 2 heteroatoms. The minimum absolute atomic E-state index is 0.291. The summed E-state index contributed by atoms with van der Waals surface area (Å²) in [5.41, 5.74) is 4.12. The zero-order valence-corrected chi connectivity index (χ0v) is 10.4. The Labute approximate surface area is 107 Å². The van der Waals surface area contributed by atoms with Gasteiger partial charge in [-0.25, -0.2) is 0 Å². The number of rotatable bonds is 3. The number of carbonyl (C=O) groups is 1. The van der Waals surface area contributed by atoms with Crippen molar-refractivity contribution in [3.8, 4) is 11.1 Å². The summed E-state index contributed by atoms with van der Waals surface area (Å²) in [5, 5.41) is 0. The summed E-state index contributed by atoms with van der Waals surface area (Å²) in [7, 11) is 0. The van der Waals surface area contributed by atoms with Crippen LogP contribution in [0.2, 0.25) is 0 Å². The van der Waals surface area contributed by atoms with E-state index in [-0.39, 0.29) is 0 Å². The lowest BCUT2D eigenvalue weighted by molar-refractivity contribution is 0.0967. The molecule has 0 N–H and O–H groups in total. The predicted octanol–water partition coefficient (Wildman–Crippen LogP) is 3.65. The van der Waals surface area contributed by atoms with Gasteiger partial charge in [-0.1, -0.05) is 24.3 Å². The molecule has 1 aromatic carbocycles. The summed E-state index contributed by atoms with van der Waals surface area (Å²) < 4.78 is 0. The molecule has 0 atom stereocenters. The molecule has 0 unspecified atom stereocenters.